The summed E-state index contributed by atoms with van der Waals surface area (Å²) in [5.41, 5.74) is 1.56. The van der Waals surface area contributed by atoms with E-state index in [1.807, 2.05) is 6.07 Å². The maximum absolute atomic E-state index is 13.5. The molecule has 1 saturated heterocycles. The number of halogens is 3. The van der Waals surface area contributed by atoms with Crippen molar-refractivity contribution >= 4 is 0 Å². The summed E-state index contributed by atoms with van der Waals surface area (Å²) in [5, 5.41) is 11.8. The Kier molecular flexibility index (Phi) is 4.76. The van der Waals surface area contributed by atoms with Gasteiger partial charge in [-0.25, -0.2) is 4.39 Å². The van der Waals surface area contributed by atoms with Crippen LogP contribution in [0, 0.1) is 5.82 Å². The Hall–Kier alpha value is -2.94. The molecule has 0 N–H and O–H groups in total. The Morgan fingerprint density at radius 1 is 1.15 bits per heavy atom. The van der Waals surface area contributed by atoms with Crippen LogP contribution in [0.25, 0.3) is 5.69 Å². The van der Waals surface area contributed by atoms with Crippen molar-refractivity contribution in [2.75, 3.05) is 6.54 Å². The first-order valence-electron chi connectivity index (χ1n) is 8.42. The smallest absolute Gasteiger partial charge is 0.387 e. The molecule has 1 aliphatic rings. The predicted molar refractivity (Wildman–Crippen MR) is 90.0 cm³/mol. The van der Waals surface area contributed by atoms with Crippen molar-refractivity contribution in [1.29, 1.82) is 0 Å². The van der Waals surface area contributed by atoms with Crippen LogP contribution in [-0.2, 0) is 6.54 Å². The summed E-state index contributed by atoms with van der Waals surface area (Å²) >= 11 is 0. The van der Waals surface area contributed by atoms with Gasteiger partial charge in [0.15, 0.2) is 5.82 Å². The van der Waals surface area contributed by atoms with E-state index in [0.29, 0.717) is 18.1 Å². The average Bonchev–Trinajstić information content (AvgIpc) is 3.07. The number of hydrogen-bond acceptors (Lipinski definition) is 5. The molecule has 0 bridgehead atoms. The normalized spacial score (nSPS) is 17.1. The van der Waals surface area contributed by atoms with Gasteiger partial charge in [0.2, 0.25) is 0 Å². The molecule has 2 aromatic carbocycles. The van der Waals surface area contributed by atoms with E-state index in [-0.39, 0.29) is 17.6 Å². The molecule has 0 spiro atoms. The highest BCUT2D eigenvalue weighted by Gasteiger charge is 2.31. The molecular weight excluding hydrogens is 359 g/mol. The van der Waals surface area contributed by atoms with E-state index in [4.69, 9.17) is 0 Å². The fourth-order valence-corrected chi connectivity index (χ4v) is 3.18. The SMILES string of the molecule is Fc1cccc(C2CCN2Cc2nnnn2-c2ccc(OC(F)F)cc2)c1. The molecule has 140 valence electrons. The van der Waals surface area contributed by atoms with Crippen LogP contribution in [-0.4, -0.2) is 38.3 Å². The van der Waals surface area contributed by atoms with Crippen molar-refractivity contribution in [3.63, 3.8) is 0 Å². The van der Waals surface area contributed by atoms with Gasteiger partial charge >= 0.3 is 6.61 Å². The van der Waals surface area contributed by atoms with Gasteiger partial charge in [0.25, 0.3) is 0 Å². The molecule has 1 fully saturated rings. The lowest BCUT2D eigenvalue weighted by Gasteiger charge is -2.40. The van der Waals surface area contributed by atoms with Gasteiger partial charge in [-0.3, -0.25) is 4.90 Å². The van der Waals surface area contributed by atoms with Gasteiger partial charge in [-0.2, -0.15) is 13.5 Å². The maximum Gasteiger partial charge on any atom is 0.387 e. The zero-order valence-electron chi connectivity index (χ0n) is 14.2. The third-order valence-electron chi connectivity index (χ3n) is 4.55. The topological polar surface area (TPSA) is 56.1 Å². The Morgan fingerprint density at radius 2 is 1.96 bits per heavy atom. The molecule has 6 nitrogen and oxygen atoms in total. The largest absolute Gasteiger partial charge is 0.435 e. The maximum atomic E-state index is 13.5. The second-order valence-electron chi connectivity index (χ2n) is 6.21. The third kappa shape index (κ3) is 3.77. The first kappa shape index (κ1) is 17.5. The Labute approximate surface area is 153 Å². The van der Waals surface area contributed by atoms with E-state index >= 15 is 0 Å². The monoisotopic (exact) mass is 375 g/mol. The minimum Gasteiger partial charge on any atom is -0.435 e. The molecule has 4 rings (SSSR count). The number of benzene rings is 2. The lowest BCUT2D eigenvalue weighted by molar-refractivity contribution is -0.0498. The molecule has 1 atom stereocenters. The van der Waals surface area contributed by atoms with E-state index in [2.05, 4.69) is 25.2 Å². The number of rotatable bonds is 6. The van der Waals surface area contributed by atoms with Gasteiger partial charge in [0.05, 0.1) is 12.2 Å². The van der Waals surface area contributed by atoms with Crippen LogP contribution in [0.15, 0.2) is 48.5 Å². The first-order valence-corrected chi connectivity index (χ1v) is 8.42. The summed E-state index contributed by atoms with van der Waals surface area (Å²) < 4.78 is 43.9. The van der Waals surface area contributed by atoms with Crippen molar-refractivity contribution < 1.29 is 17.9 Å². The van der Waals surface area contributed by atoms with E-state index < -0.39 is 6.61 Å². The predicted octanol–water partition coefficient (Wildman–Crippen LogP) is 3.35. The van der Waals surface area contributed by atoms with Gasteiger partial charge in [0.1, 0.15) is 11.6 Å². The summed E-state index contributed by atoms with van der Waals surface area (Å²) in [6.07, 6.45) is 0.935. The summed E-state index contributed by atoms with van der Waals surface area (Å²) in [6, 6.07) is 12.8. The van der Waals surface area contributed by atoms with E-state index in [1.165, 1.54) is 18.2 Å². The van der Waals surface area contributed by atoms with Gasteiger partial charge < -0.3 is 4.74 Å². The number of aromatic nitrogens is 4. The molecule has 27 heavy (non-hydrogen) atoms. The molecule has 1 aliphatic heterocycles. The summed E-state index contributed by atoms with van der Waals surface area (Å²) in [5.74, 6) is 0.422. The van der Waals surface area contributed by atoms with Crippen LogP contribution in [0.3, 0.4) is 0 Å². The van der Waals surface area contributed by atoms with Crippen LogP contribution >= 0.6 is 0 Å². The third-order valence-corrected chi connectivity index (χ3v) is 4.55. The lowest BCUT2D eigenvalue weighted by Crippen LogP contribution is -2.40. The second-order valence-corrected chi connectivity index (χ2v) is 6.21. The van der Waals surface area contributed by atoms with Crippen molar-refractivity contribution in [3.05, 3.63) is 65.7 Å². The zero-order chi connectivity index (χ0) is 18.8. The Balaban J connectivity index is 1.49. The molecule has 0 amide bonds. The van der Waals surface area contributed by atoms with E-state index in [1.54, 1.807) is 28.9 Å². The highest BCUT2D eigenvalue weighted by molar-refractivity contribution is 5.37. The zero-order valence-corrected chi connectivity index (χ0v) is 14.2. The van der Waals surface area contributed by atoms with Gasteiger partial charge in [-0.15, -0.1) is 5.10 Å². The molecule has 0 aliphatic carbocycles. The number of tetrazole rings is 1. The summed E-state index contributed by atoms with van der Waals surface area (Å²) in [6.45, 7) is -1.52. The number of nitrogens with zero attached hydrogens (tertiary/aromatic N) is 5. The number of likely N-dealkylation sites (tertiary alicyclic amines) is 1. The quantitative estimate of drug-likeness (QED) is 0.661. The fourth-order valence-electron chi connectivity index (χ4n) is 3.18. The molecule has 3 aromatic rings. The van der Waals surface area contributed by atoms with Crippen LogP contribution in [0.4, 0.5) is 13.2 Å². The molecular formula is C18H16F3N5O. The van der Waals surface area contributed by atoms with Gasteiger partial charge in [0, 0.05) is 12.6 Å². The molecule has 2 heterocycles. The Morgan fingerprint density at radius 3 is 2.63 bits per heavy atom. The van der Waals surface area contributed by atoms with Crippen LogP contribution in [0.2, 0.25) is 0 Å². The van der Waals surface area contributed by atoms with Crippen LogP contribution < -0.4 is 4.74 Å². The minimum absolute atomic E-state index is 0.0669. The molecule has 1 aromatic heterocycles. The summed E-state index contributed by atoms with van der Waals surface area (Å²) in [4.78, 5) is 2.16. The molecule has 0 saturated carbocycles. The highest BCUT2D eigenvalue weighted by atomic mass is 19.3. The highest BCUT2D eigenvalue weighted by Crippen LogP contribution is 2.34. The van der Waals surface area contributed by atoms with Crippen molar-refractivity contribution in [1.82, 2.24) is 25.1 Å². The van der Waals surface area contributed by atoms with Crippen molar-refractivity contribution in [2.24, 2.45) is 0 Å². The van der Waals surface area contributed by atoms with Crippen LogP contribution in [0.1, 0.15) is 23.9 Å². The van der Waals surface area contributed by atoms with Crippen molar-refractivity contribution in [3.8, 4) is 11.4 Å². The second kappa shape index (κ2) is 7.36. The first-order chi connectivity index (χ1) is 13.1. The number of ether oxygens (including phenoxy) is 1. The van der Waals surface area contributed by atoms with Gasteiger partial charge in [-0.1, -0.05) is 12.1 Å². The lowest BCUT2D eigenvalue weighted by atomic mass is 9.94. The molecule has 1 unspecified atom stereocenters. The fraction of sp³-hybridized carbons (Fsp3) is 0.278. The standard InChI is InChI=1S/C18H16F3N5O/c19-13-3-1-2-12(10-13)16-8-9-25(16)11-17-22-23-24-26(17)14-4-6-15(7-5-14)27-18(20)21/h1-7,10,16,18H,8-9,11H2. The Bertz CT molecular complexity index is 915. The van der Waals surface area contributed by atoms with Crippen LogP contribution in [0.5, 0.6) is 5.75 Å². The number of alkyl halides is 2. The molecule has 0 radical (unpaired) electrons. The van der Waals surface area contributed by atoms with E-state index in [9.17, 15) is 13.2 Å². The van der Waals surface area contributed by atoms with E-state index in [0.717, 1.165) is 18.5 Å². The minimum atomic E-state index is -2.87. The van der Waals surface area contributed by atoms with Crippen molar-refractivity contribution in [2.45, 2.75) is 25.6 Å². The van der Waals surface area contributed by atoms with Gasteiger partial charge in [-0.05, 0) is 58.8 Å². The average molecular weight is 375 g/mol. The summed E-state index contributed by atoms with van der Waals surface area (Å²) in [7, 11) is 0. The molecule has 9 heteroatoms. The number of hydrogen-bond donors (Lipinski definition) is 0.